The van der Waals surface area contributed by atoms with Gasteiger partial charge in [0.15, 0.2) is 0 Å². The lowest BCUT2D eigenvalue weighted by molar-refractivity contribution is 0.0498. The number of fused-ring (bicyclic) bond motifs is 1. The van der Waals surface area contributed by atoms with Gasteiger partial charge >= 0.3 is 0 Å². The van der Waals surface area contributed by atoms with Gasteiger partial charge in [-0.1, -0.05) is 36.4 Å². The van der Waals surface area contributed by atoms with Gasteiger partial charge in [-0.05, 0) is 45.1 Å². The van der Waals surface area contributed by atoms with E-state index in [1.54, 1.807) is 0 Å². The number of likely N-dealkylation sites (tertiary alicyclic amines) is 1. The Morgan fingerprint density at radius 3 is 2.33 bits per heavy atom. The molecule has 1 saturated heterocycles. The Hall–Kier alpha value is -1.54. The summed E-state index contributed by atoms with van der Waals surface area (Å²) in [5.74, 6) is 1.03. The minimum atomic E-state index is 0.268. The van der Waals surface area contributed by atoms with Gasteiger partial charge in [-0.3, -0.25) is 4.90 Å². The third kappa shape index (κ3) is 3.21. The zero-order valence-corrected chi connectivity index (χ0v) is 13.3. The fourth-order valence-corrected chi connectivity index (χ4v) is 3.12. The summed E-state index contributed by atoms with van der Waals surface area (Å²) in [5, 5.41) is 2.47. The zero-order chi connectivity index (χ0) is 14.9. The van der Waals surface area contributed by atoms with Gasteiger partial charge in [0, 0.05) is 24.0 Å². The summed E-state index contributed by atoms with van der Waals surface area (Å²) in [7, 11) is 0. The molecule has 2 heteroatoms. The molecule has 1 fully saturated rings. The summed E-state index contributed by atoms with van der Waals surface area (Å²) < 4.78 is 6.30. The molecule has 0 N–H and O–H groups in total. The Kier molecular flexibility index (Phi) is 3.90. The van der Waals surface area contributed by atoms with Gasteiger partial charge in [-0.25, -0.2) is 0 Å². The first-order valence-corrected chi connectivity index (χ1v) is 7.93. The molecular formula is C19H25NO. The first kappa shape index (κ1) is 14.4. The van der Waals surface area contributed by atoms with Crippen molar-refractivity contribution >= 4 is 10.8 Å². The lowest BCUT2D eigenvalue weighted by Gasteiger charge is -2.40. The van der Waals surface area contributed by atoms with E-state index in [0.29, 0.717) is 6.10 Å². The molecule has 21 heavy (non-hydrogen) atoms. The summed E-state index contributed by atoms with van der Waals surface area (Å²) >= 11 is 0. The minimum absolute atomic E-state index is 0.268. The molecule has 0 aliphatic carbocycles. The van der Waals surface area contributed by atoms with Gasteiger partial charge in [0.2, 0.25) is 0 Å². The summed E-state index contributed by atoms with van der Waals surface area (Å²) in [4.78, 5) is 2.55. The number of hydrogen-bond donors (Lipinski definition) is 0. The minimum Gasteiger partial charge on any atom is -0.490 e. The summed E-state index contributed by atoms with van der Waals surface area (Å²) in [6.45, 7) is 9.12. The molecule has 3 rings (SSSR count). The molecule has 2 aromatic carbocycles. The highest BCUT2D eigenvalue weighted by Gasteiger charge is 2.27. The molecule has 1 aliphatic heterocycles. The molecule has 0 bridgehead atoms. The molecule has 0 amide bonds. The van der Waals surface area contributed by atoms with E-state index < -0.39 is 0 Å². The van der Waals surface area contributed by atoms with Gasteiger partial charge in [-0.15, -0.1) is 0 Å². The standard InChI is InChI=1S/C19H25NO/c1-19(2,3)20-13-11-16(12-14-20)21-18-10-6-8-15-7-4-5-9-17(15)18/h4-10,16H,11-14H2,1-3H3. The zero-order valence-electron chi connectivity index (χ0n) is 13.3. The molecule has 0 spiro atoms. The van der Waals surface area contributed by atoms with Crippen molar-refractivity contribution in [3.8, 4) is 5.75 Å². The van der Waals surface area contributed by atoms with E-state index in [1.165, 1.54) is 10.8 Å². The van der Waals surface area contributed by atoms with Crippen LogP contribution in [0.3, 0.4) is 0 Å². The van der Waals surface area contributed by atoms with Crippen molar-refractivity contribution in [1.29, 1.82) is 0 Å². The first-order valence-electron chi connectivity index (χ1n) is 7.93. The van der Waals surface area contributed by atoms with Crippen LogP contribution in [0.2, 0.25) is 0 Å². The van der Waals surface area contributed by atoms with E-state index in [9.17, 15) is 0 Å². The molecule has 112 valence electrons. The molecular weight excluding hydrogens is 258 g/mol. The summed E-state index contributed by atoms with van der Waals surface area (Å²) in [6.07, 6.45) is 2.57. The van der Waals surface area contributed by atoms with E-state index in [0.717, 1.165) is 31.7 Å². The maximum atomic E-state index is 6.30. The van der Waals surface area contributed by atoms with Gasteiger partial charge in [0.1, 0.15) is 11.9 Å². The lowest BCUT2D eigenvalue weighted by atomic mass is 9.99. The van der Waals surface area contributed by atoms with E-state index in [4.69, 9.17) is 4.74 Å². The van der Waals surface area contributed by atoms with Gasteiger partial charge in [0.05, 0.1) is 0 Å². The van der Waals surface area contributed by atoms with Crippen molar-refractivity contribution in [2.24, 2.45) is 0 Å². The van der Waals surface area contributed by atoms with Crippen molar-refractivity contribution in [2.45, 2.75) is 45.3 Å². The third-order valence-electron chi connectivity index (χ3n) is 4.43. The normalized spacial score (nSPS) is 18.0. The largest absolute Gasteiger partial charge is 0.490 e. The second kappa shape index (κ2) is 5.69. The van der Waals surface area contributed by atoms with Crippen molar-refractivity contribution in [3.63, 3.8) is 0 Å². The summed E-state index contributed by atoms with van der Waals surface area (Å²) in [6, 6.07) is 14.8. The van der Waals surface area contributed by atoms with Crippen LogP contribution in [-0.2, 0) is 0 Å². The van der Waals surface area contributed by atoms with E-state index in [1.807, 2.05) is 0 Å². The van der Waals surface area contributed by atoms with Crippen LogP contribution in [0.5, 0.6) is 5.75 Å². The highest BCUT2D eigenvalue weighted by Crippen LogP contribution is 2.29. The second-order valence-electron chi connectivity index (χ2n) is 6.95. The lowest BCUT2D eigenvalue weighted by Crippen LogP contribution is -2.48. The Labute approximate surface area is 127 Å². The molecule has 0 atom stereocenters. The number of ether oxygens (including phenoxy) is 1. The smallest absolute Gasteiger partial charge is 0.127 e. The highest BCUT2D eigenvalue weighted by atomic mass is 16.5. The van der Waals surface area contributed by atoms with Gasteiger partial charge in [0.25, 0.3) is 0 Å². The van der Waals surface area contributed by atoms with Gasteiger partial charge < -0.3 is 4.74 Å². The Balaban J connectivity index is 1.70. The average molecular weight is 283 g/mol. The predicted molar refractivity (Wildman–Crippen MR) is 88.9 cm³/mol. The number of hydrogen-bond acceptors (Lipinski definition) is 2. The van der Waals surface area contributed by atoms with Crippen LogP contribution in [0.4, 0.5) is 0 Å². The van der Waals surface area contributed by atoms with E-state index in [-0.39, 0.29) is 5.54 Å². The molecule has 0 aromatic heterocycles. The number of nitrogens with zero attached hydrogens (tertiary/aromatic N) is 1. The van der Waals surface area contributed by atoms with Crippen LogP contribution in [0.1, 0.15) is 33.6 Å². The fourth-order valence-electron chi connectivity index (χ4n) is 3.12. The van der Waals surface area contributed by atoms with Crippen LogP contribution in [0.25, 0.3) is 10.8 Å². The number of rotatable bonds is 2. The molecule has 1 heterocycles. The Bertz CT molecular complexity index is 601. The van der Waals surface area contributed by atoms with Crippen molar-refractivity contribution in [1.82, 2.24) is 4.90 Å². The van der Waals surface area contributed by atoms with Crippen molar-refractivity contribution < 1.29 is 4.74 Å². The highest BCUT2D eigenvalue weighted by molar-refractivity contribution is 5.88. The predicted octanol–water partition coefficient (Wildman–Crippen LogP) is 4.48. The van der Waals surface area contributed by atoms with Gasteiger partial charge in [-0.2, -0.15) is 0 Å². The first-order chi connectivity index (χ1) is 10.0. The second-order valence-corrected chi connectivity index (χ2v) is 6.95. The molecule has 2 aromatic rings. The monoisotopic (exact) mass is 283 g/mol. The van der Waals surface area contributed by atoms with Crippen LogP contribution in [-0.4, -0.2) is 29.6 Å². The van der Waals surface area contributed by atoms with Crippen LogP contribution in [0, 0.1) is 0 Å². The average Bonchev–Trinajstić information content (AvgIpc) is 2.47. The molecule has 0 saturated carbocycles. The SMILES string of the molecule is CC(C)(C)N1CCC(Oc2cccc3ccccc23)CC1. The van der Waals surface area contributed by atoms with E-state index >= 15 is 0 Å². The van der Waals surface area contributed by atoms with Crippen LogP contribution < -0.4 is 4.74 Å². The Morgan fingerprint density at radius 1 is 0.952 bits per heavy atom. The number of piperidine rings is 1. The van der Waals surface area contributed by atoms with Crippen LogP contribution >= 0.6 is 0 Å². The van der Waals surface area contributed by atoms with Crippen LogP contribution in [0.15, 0.2) is 42.5 Å². The molecule has 0 unspecified atom stereocenters. The maximum absolute atomic E-state index is 6.30. The third-order valence-corrected chi connectivity index (χ3v) is 4.43. The molecule has 1 aliphatic rings. The molecule has 2 nitrogen and oxygen atoms in total. The topological polar surface area (TPSA) is 12.5 Å². The molecule has 0 radical (unpaired) electrons. The quantitative estimate of drug-likeness (QED) is 0.805. The maximum Gasteiger partial charge on any atom is 0.127 e. The van der Waals surface area contributed by atoms with Crippen molar-refractivity contribution in [2.75, 3.05) is 13.1 Å². The Morgan fingerprint density at radius 2 is 1.62 bits per heavy atom. The number of benzene rings is 2. The van der Waals surface area contributed by atoms with E-state index in [2.05, 4.69) is 68.1 Å². The van der Waals surface area contributed by atoms with Crippen molar-refractivity contribution in [3.05, 3.63) is 42.5 Å². The fraction of sp³-hybridized carbons (Fsp3) is 0.474. The summed E-state index contributed by atoms with van der Waals surface area (Å²) in [5.41, 5.74) is 0.268.